The lowest BCUT2D eigenvalue weighted by atomic mass is 10.1. The summed E-state index contributed by atoms with van der Waals surface area (Å²) in [4.78, 5) is 6.21. The van der Waals surface area contributed by atoms with E-state index in [1.54, 1.807) is 40.5 Å². The molecule has 0 saturated heterocycles. The van der Waals surface area contributed by atoms with Crippen LogP contribution in [0.25, 0.3) is 0 Å². The van der Waals surface area contributed by atoms with Gasteiger partial charge in [-0.05, 0) is 35.4 Å². The first-order valence-corrected chi connectivity index (χ1v) is 9.16. The van der Waals surface area contributed by atoms with Crippen molar-refractivity contribution in [2.75, 3.05) is 35.4 Å². The molecule has 0 fully saturated rings. The van der Waals surface area contributed by atoms with Gasteiger partial charge in [0.2, 0.25) is 5.75 Å². The number of nitrogens with zero attached hydrogens (tertiary/aromatic N) is 2. The van der Waals surface area contributed by atoms with Gasteiger partial charge in [0.25, 0.3) is 0 Å². The summed E-state index contributed by atoms with van der Waals surface area (Å²) in [6.45, 7) is -1.82. The second kappa shape index (κ2) is 13.0. The van der Waals surface area contributed by atoms with E-state index in [1.165, 1.54) is 12.1 Å². The van der Waals surface area contributed by atoms with Crippen molar-refractivity contribution in [3.63, 3.8) is 0 Å². The highest BCUT2D eigenvalue weighted by atomic mass is 127. The standard InChI is InChI=1S/C21H27F2N3O4.HI/c1-24-21(26(2)13-14-6-8-16(9-7-14)30-20(22)23)25-12-15-10-17(27-3)19(29-5)18(11-15)28-4;/h6-11,20H,12-13H2,1-5H3,(H,24,25);1H. The van der Waals surface area contributed by atoms with E-state index >= 15 is 0 Å². The molecule has 0 aliphatic carbocycles. The summed E-state index contributed by atoms with van der Waals surface area (Å²) in [5.41, 5.74) is 1.85. The number of methoxy groups -OCH3 is 3. The van der Waals surface area contributed by atoms with Gasteiger partial charge in [-0.3, -0.25) is 4.99 Å². The number of aliphatic imine (C=N–C) groups is 1. The van der Waals surface area contributed by atoms with E-state index in [0.29, 0.717) is 36.3 Å². The summed E-state index contributed by atoms with van der Waals surface area (Å²) in [7, 11) is 8.26. The molecule has 0 aromatic heterocycles. The minimum atomic E-state index is -2.84. The molecular formula is C21H28F2IN3O4. The molecule has 10 heteroatoms. The van der Waals surface area contributed by atoms with Crippen molar-refractivity contribution < 1.29 is 27.7 Å². The molecule has 0 aliphatic rings. The zero-order chi connectivity index (χ0) is 22.1. The van der Waals surface area contributed by atoms with Gasteiger partial charge in [0, 0.05) is 27.2 Å². The van der Waals surface area contributed by atoms with E-state index in [1.807, 2.05) is 24.1 Å². The number of guanidine groups is 1. The Morgan fingerprint density at radius 3 is 2.03 bits per heavy atom. The molecule has 172 valence electrons. The average molecular weight is 551 g/mol. The number of alkyl halides is 2. The van der Waals surface area contributed by atoms with Gasteiger partial charge in [-0.15, -0.1) is 24.0 Å². The van der Waals surface area contributed by atoms with Gasteiger partial charge in [0.15, 0.2) is 17.5 Å². The molecule has 7 nitrogen and oxygen atoms in total. The predicted octanol–water partition coefficient (Wildman–Crippen LogP) is 4.14. The minimum absolute atomic E-state index is 0. The zero-order valence-electron chi connectivity index (χ0n) is 18.1. The van der Waals surface area contributed by atoms with Crippen LogP contribution in [0.3, 0.4) is 0 Å². The minimum Gasteiger partial charge on any atom is -0.493 e. The largest absolute Gasteiger partial charge is 0.493 e. The third-order valence-corrected chi connectivity index (χ3v) is 4.32. The highest BCUT2D eigenvalue weighted by Crippen LogP contribution is 2.38. The van der Waals surface area contributed by atoms with Crippen LogP contribution in [0.4, 0.5) is 8.78 Å². The van der Waals surface area contributed by atoms with Gasteiger partial charge in [-0.25, -0.2) is 0 Å². The van der Waals surface area contributed by atoms with Crippen molar-refractivity contribution in [2.24, 2.45) is 4.99 Å². The molecule has 0 amide bonds. The summed E-state index contributed by atoms with van der Waals surface area (Å²) >= 11 is 0. The summed E-state index contributed by atoms with van der Waals surface area (Å²) in [6.07, 6.45) is 0. The van der Waals surface area contributed by atoms with Crippen molar-refractivity contribution >= 4 is 29.9 Å². The van der Waals surface area contributed by atoms with Crippen LogP contribution in [0, 0.1) is 0 Å². The fraction of sp³-hybridized carbons (Fsp3) is 0.381. The molecule has 1 N–H and O–H groups in total. The van der Waals surface area contributed by atoms with Gasteiger partial charge < -0.3 is 29.2 Å². The van der Waals surface area contributed by atoms with E-state index in [0.717, 1.165) is 11.1 Å². The maximum Gasteiger partial charge on any atom is 0.387 e. The topological polar surface area (TPSA) is 64.6 Å². The molecule has 2 aromatic carbocycles. The molecule has 0 atom stereocenters. The molecule has 0 heterocycles. The van der Waals surface area contributed by atoms with Crippen LogP contribution in [0.2, 0.25) is 0 Å². The fourth-order valence-electron chi connectivity index (χ4n) is 2.93. The molecular weight excluding hydrogens is 523 g/mol. The number of rotatable bonds is 9. The lowest BCUT2D eigenvalue weighted by Gasteiger charge is -2.23. The van der Waals surface area contributed by atoms with Gasteiger partial charge in [0.1, 0.15) is 5.75 Å². The Hall–Kier alpha value is -2.50. The SMILES string of the molecule is CN=C(NCc1cc(OC)c(OC)c(OC)c1)N(C)Cc1ccc(OC(F)F)cc1.I. The highest BCUT2D eigenvalue weighted by molar-refractivity contribution is 14.0. The number of benzene rings is 2. The number of nitrogens with one attached hydrogen (secondary N) is 1. The molecule has 0 bridgehead atoms. The Labute approximate surface area is 198 Å². The Balaban J connectivity index is 0.00000480. The van der Waals surface area contributed by atoms with Gasteiger partial charge >= 0.3 is 6.61 Å². The van der Waals surface area contributed by atoms with Crippen LogP contribution in [-0.2, 0) is 13.1 Å². The molecule has 0 radical (unpaired) electrons. The van der Waals surface area contributed by atoms with E-state index in [2.05, 4.69) is 15.0 Å². The first-order valence-electron chi connectivity index (χ1n) is 9.16. The second-order valence-corrected chi connectivity index (χ2v) is 6.31. The molecule has 0 saturated carbocycles. The molecule has 31 heavy (non-hydrogen) atoms. The quantitative estimate of drug-likeness (QED) is 0.287. The number of hydrogen-bond donors (Lipinski definition) is 1. The Morgan fingerprint density at radius 2 is 1.58 bits per heavy atom. The van der Waals surface area contributed by atoms with Crippen LogP contribution in [-0.4, -0.2) is 52.9 Å². The summed E-state index contributed by atoms with van der Waals surface area (Å²) < 4.78 is 45.0. The Kier molecular flexibility index (Phi) is 11.2. The number of ether oxygens (including phenoxy) is 4. The lowest BCUT2D eigenvalue weighted by Crippen LogP contribution is -2.38. The van der Waals surface area contributed by atoms with Gasteiger partial charge in [-0.1, -0.05) is 12.1 Å². The maximum atomic E-state index is 12.3. The molecule has 2 aromatic rings. The lowest BCUT2D eigenvalue weighted by molar-refractivity contribution is -0.0498. The first-order chi connectivity index (χ1) is 14.4. The van der Waals surface area contributed by atoms with E-state index in [9.17, 15) is 8.78 Å². The molecule has 0 unspecified atom stereocenters. The van der Waals surface area contributed by atoms with Crippen molar-refractivity contribution in [3.8, 4) is 23.0 Å². The first kappa shape index (κ1) is 26.5. The molecule has 0 aliphatic heterocycles. The highest BCUT2D eigenvalue weighted by Gasteiger charge is 2.14. The van der Waals surface area contributed by atoms with Crippen molar-refractivity contribution in [1.82, 2.24) is 10.2 Å². The van der Waals surface area contributed by atoms with E-state index < -0.39 is 6.61 Å². The smallest absolute Gasteiger partial charge is 0.387 e. The molecule has 2 rings (SSSR count). The van der Waals surface area contributed by atoms with Gasteiger partial charge in [0.05, 0.1) is 21.3 Å². The fourth-order valence-corrected chi connectivity index (χ4v) is 2.93. The summed E-state index contributed by atoms with van der Waals surface area (Å²) in [5, 5.41) is 3.28. The predicted molar refractivity (Wildman–Crippen MR) is 126 cm³/mol. The van der Waals surface area contributed by atoms with Gasteiger partial charge in [-0.2, -0.15) is 8.78 Å². The van der Waals surface area contributed by atoms with Crippen LogP contribution in [0.1, 0.15) is 11.1 Å². The van der Waals surface area contributed by atoms with Crippen molar-refractivity contribution in [2.45, 2.75) is 19.7 Å². The summed E-state index contributed by atoms with van der Waals surface area (Å²) in [6, 6.07) is 10.2. The van der Waals surface area contributed by atoms with Crippen LogP contribution >= 0.6 is 24.0 Å². The van der Waals surface area contributed by atoms with Crippen LogP contribution < -0.4 is 24.3 Å². The van der Waals surface area contributed by atoms with E-state index in [4.69, 9.17) is 14.2 Å². The molecule has 0 spiro atoms. The monoisotopic (exact) mass is 551 g/mol. The second-order valence-electron chi connectivity index (χ2n) is 6.31. The third-order valence-electron chi connectivity index (χ3n) is 4.32. The van der Waals surface area contributed by atoms with Crippen molar-refractivity contribution in [3.05, 3.63) is 47.5 Å². The number of hydrogen-bond acceptors (Lipinski definition) is 5. The average Bonchev–Trinajstić information content (AvgIpc) is 2.74. The third kappa shape index (κ3) is 7.60. The van der Waals surface area contributed by atoms with E-state index in [-0.39, 0.29) is 29.7 Å². The van der Waals surface area contributed by atoms with Crippen LogP contribution in [0.5, 0.6) is 23.0 Å². The number of halogens is 3. The normalized spacial score (nSPS) is 10.9. The maximum absolute atomic E-state index is 12.3. The van der Waals surface area contributed by atoms with Crippen LogP contribution in [0.15, 0.2) is 41.4 Å². The Bertz CT molecular complexity index is 826. The zero-order valence-corrected chi connectivity index (χ0v) is 20.5. The summed E-state index contributed by atoms with van der Waals surface area (Å²) in [5.74, 6) is 2.47. The van der Waals surface area contributed by atoms with Crippen molar-refractivity contribution in [1.29, 1.82) is 0 Å². The Morgan fingerprint density at radius 1 is 1.00 bits per heavy atom.